The molecule has 0 aliphatic carbocycles. The van der Waals surface area contributed by atoms with Crippen LogP contribution in [0.15, 0.2) is 22.7 Å². The standard InChI is InChI=1S/C13H16FNO/c1-9(2)4-3-5-12-11-7-6-10(14)8-13(11)16-15-12/h6-9H,3-5H2,1-2H3. The highest BCUT2D eigenvalue weighted by Crippen LogP contribution is 2.21. The van der Waals surface area contributed by atoms with Crippen LogP contribution in [0.1, 0.15) is 32.4 Å². The number of fused-ring (bicyclic) bond motifs is 1. The Morgan fingerprint density at radius 1 is 1.38 bits per heavy atom. The molecular formula is C13H16FNO. The molecular weight excluding hydrogens is 205 g/mol. The van der Waals surface area contributed by atoms with E-state index < -0.39 is 0 Å². The zero-order valence-corrected chi connectivity index (χ0v) is 9.66. The molecule has 3 heteroatoms. The predicted molar refractivity (Wildman–Crippen MR) is 61.7 cm³/mol. The van der Waals surface area contributed by atoms with Crippen molar-refractivity contribution in [2.75, 3.05) is 0 Å². The smallest absolute Gasteiger partial charge is 0.170 e. The van der Waals surface area contributed by atoms with Crippen molar-refractivity contribution in [2.45, 2.75) is 33.1 Å². The Kier molecular flexibility index (Phi) is 3.22. The van der Waals surface area contributed by atoms with Crippen LogP contribution < -0.4 is 0 Å². The van der Waals surface area contributed by atoms with Crippen LogP contribution in [0.2, 0.25) is 0 Å². The van der Waals surface area contributed by atoms with Crippen molar-refractivity contribution in [3.05, 3.63) is 29.7 Å². The maximum atomic E-state index is 12.9. The van der Waals surface area contributed by atoms with Gasteiger partial charge in [0.25, 0.3) is 0 Å². The number of halogens is 1. The summed E-state index contributed by atoms with van der Waals surface area (Å²) < 4.78 is 18.0. The monoisotopic (exact) mass is 221 g/mol. The fourth-order valence-corrected chi connectivity index (χ4v) is 1.82. The summed E-state index contributed by atoms with van der Waals surface area (Å²) in [5, 5.41) is 4.93. The van der Waals surface area contributed by atoms with E-state index in [1.807, 2.05) is 0 Å². The normalized spacial score (nSPS) is 11.5. The fraction of sp³-hybridized carbons (Fsp3) is 0.462. The van der Waals surface area contributed by atoms with Crippen molar-refractivity contribution in [2.24, 2.45) is 5.92 Å². The van der Waals surface area contributed by atoms with Crippen LogP contribution in [-0.4, -0.2) is 5.16 Å². The van der Waals surface area contributed by atoms with Gasteiger partial charge < -0.3 is 4.52 Å². The van der Waals surface area contributed by atoms with Crippen molar-refractivity contribution >= 4 is 11.0 Å². The molecule has 0 fully saturated rings. The highest BCUT2D eigenvalue weighted by Gasteiger charge is 2.08. The molecule has 0 bridgehead atoms. The van der Waals surface area contributed by atoms with Crippen molar-refractivity contribution in [3.8, 4) is 0 Å². The minimum Gasteiger partial charge on any atom is -0.356 e. The van der Waals surface area contributed by atoms with Crippen LogP contribution in [0, 0.1) is 11.7 Å². The Labute approximate surface area is 94.4 Å². The first-order valence-electron chi connectivity index (χ1n) is 5.70. The van der Waals surface area contributed by atoms with Crippen LogP contribution in [0.4, 0.5) is 4.39 Å². The molecule has 86 valence electrons. The van der Waals surface area contributed by atoms with Gasteiger partial charge in [-0.25, -0.2) is 4.39 Å². The molecule has 0 radical (unpaired) electrons. The van der Waals surface area contributed by atoms with E-state index in [9.17, 15) is 4.39 Å². The Balaban J connectivity index is 2.13. The molecule has 0 amide bonds. The minimum atomic E-state index is -0.280. The average Bonchev–Trinajstić information content (AvgIpc) is 2.60. The second kappa shape index (κ2) is 4.64. The van der Waals surface area contributed by atoms with Crippen molar-refractivity contribution in [3.63, 3.8) is 0 Å². The third kappa shape index (κ3) is 2.40. The van der Waals surface area contributed by atoms with Crippen LogP contribution >= 0.6 is 0 Å². The Morgan fingerprint density at radius 3 is 2.94 bits per heavy atom. The van der Waals surface area contributed by atoms with Gasteiger partial charge in [-0.1, -0.05) is 25.4 Å². The average molecular weight is 221 g/mol. The van der Waals surface area contributed by atoms with Crippen molar-refractivity contribution < 1.29 is 8.91 Å². The number of nitrogens with zero attached hydrogens (tertiary/aromatic N) is 1. The summed E-state index contributed by atoms with van der Waals surface area (Å²) in [5.41, 5.74) is 1.48. The van der Waals surface area contributed by atoms with Crippen LogP contribution in [0.5, 0.6) is 0 Å². The van der Waals surface area contributed by atoms with Gasteiger partial charge in [0.1, 0.15) is 5.82 Å². The summed E-state index contributed by atoms with van der Waals surface area (Å²) in [6, 6.07) is 4.58. The lowest BCUT2D eigenvalue weighted by Gasteiger charge is -2.01. The van der Waals surface area contributed by atoms with Crippen LogP contribution in [-0.2, 0) is 6.42 Å². The molecule has 1 heterocycles. The van der Waals surface area contributed by atoms with E-state index in [0.717, 1.165) is 23.9 Å². The van der Waals surface area contributed by atoms with Gasteiger partial charge in [0, 0.05) is 11.5 Å². The number of hydrogen-bond acceptors (Lipinski definition) is 2. The van der Waals surface area contributed by atoms with E-state index in [1.165, 1.54) is 18.6 Å². The quantitative estimate of drug-likeness (QED) is 0.781. The summed E-state index contributed by atoms with van der Waals surface area (Å²) in [6.45, 7) is 4.41. The SMILES string of the molecule is CC(C)CCCc1noc2cc(F)ccc12. The van der Waals surface area contributed by atoms with Gasteiger partial charge in [0.2, 0.25) is 0 Å². The van der Waals surface area contributed by atoms with Gasteiger partial charge in [-0.3, -0.25) is 0 Å². The van der Waals surface area contributed by atoms with Gasteiger partial charge in [-0.15, -0.1) is 0 Å². The molecule has 2 nitrogen and oxygen atoms in total. The predicted octanol–water partition coefficient (Wildman–Crippen LogP) is 3.95. The molecule has 0 spiro atoms. The number of aromatic nitrogens is 1. The van der Waals surface area contributed by atoms with Crippen LogP contribution in [0.3, 0.4) is 0 Å². The van der Waals surface area contributed by atoms with Gasteiger partial charge in [-0.05, 0) is 30.9 Å². The zero-order chi connectivity index (χ0) is 11.5. The molecule has 16 heavy (non-hydrogen) atoms. The first kappa shape index (κ1) is 11.1. The van der Waals surface area contributed by atoms with Gasteiger partial charge in [-0.2, -0.15) is 0 Å². The molecule has 1 aromatic heterocycles. The second-order valence-electron chi connectivity index (χ2n) is 4.56. The van der Waals surface area contributed by atoms with E-state index in [0.29, 0.717) is 11.5 Å². The van der Waals surface area contributed by atoms with E-state index in [4.69, 9.17) is 4.52 Å². The summed E-state index contributed by atoms with van der Waals surface area (Å²) in [5.74, 6) is 0.424. The number of benzene rings is 1. The lowest BCUT2D eigenvalue weighted by molar-refractivity contribution is 0.440. The summed E-state index contributed by atoms with van der Waals surface area (Å²) >= 11 is 0. The summed E-state index contributed by atoms with van der Waals surface area (Å²) in [7, 11) is 0. The Morgan fingerprint density at radius 2 is 2.19 bits per heavy atom. The first-order valence-corrected chi connectivity index (χ1v) is 5.70. The highest BCUT2D eigenvalue weighted by atomic mass is 19.1. The zero-order valence-electron chi connectivity index (χ0n) is 9.66. The molecule has 1 aromatic carbocycles. The minimum absolute atomic E-state index is 0.280. The van der Waals surface area contributed by atoms with E-state index >= 15 is 0 Å². The van der Waals surface area contributed by atoms with Crippen LogP contribution in [0.25, 0.3) is 11.0 Å². The summed E-state index contributed by atoms with van der Waals surface area (Å²) in [6.07, 6.45) is 3.17. The van der Waals surface area contributed by atoms with E-state index in [1.54, 1.807) is 6.07 Å². The van der Waals surface area contributed by atoms with E-state index in [-0.39, 0.29) is 5.82 Å². The van der Waals surface area contributed by atoms with Gasteiger partial charge in [0.05, 0.1) is 5.69 Å². The molecule has 0 aliphatic heterocycles. The number of hydrogen-bond donors (Lipinski definition) is 0. The molecule has 2 aromatic rings. The van der Waals surface area contributed by atoms with Crippen molar-refractivity contribution in [1.29, 1.82) is 0 Å². The largest absolute Gasteiger partial charge is 0.356 e. The van der Waals surface area contributed by atoms with Gasteiger partial charge in [0.15, 0.2) is 5.58 Å². The molecule has 2 rings (SSSR count). The third-order valence-electron chi connectivity index (χ3n) is 2.70. The Bertz CT molecular complexity index is 476. The maximum absolute atomic E-state index is 12.9. The molecule has 0 N–H and O–H groups in total. The summed E-state index contributed by atoms with van der Waals surface area (Å²) in [4.78, 5) is 0. The topological polar surface area (TPSA) is 26.0 Å². The fourth-order valence-electron chi connectivity index (χ4n) is 1.82. The van der Waals surface area contributed by atoms with E-state index in [2.05, 4.69) is 19.0 Å². The van der Waals surface area contributed by atoms with Crippen molar-refractivity contribution in [1.82, 2.24) is 5.16 Å². The maximum Gasteiger partial charge on any atom is 0.170 e. The molecule has 0 aliphatic rings. The number of rotatable bonds is 4. The third-order valence-corrected chi connectivity index (χ3v) is 2.70. The highest BCUT2D eigenvalue weighted by molar-refractivity contribution is 5.79. The molecule has 0 atom stereocenters. The lowest BCUT2D eigenvalue weighted by Crippen LogP contribution is -1.91. The first-order chi connectivity index (χ1) is 7.66. The Hall–Kier alpha value is -1.38. The molecule has 0 saturated carbocycles. The number of aryl methyl sites for hydroxylation is 1. The molecule has 0 saturated heterocycles. The second-order valence-corrected chi connectivity index (χ2v) is 4.56. The molecule has 0 unspecified atom stereocenters. The lowest BCUT2D eigenvalue weighted by atomic mass is 10.0. The van der Waals surface area contributed by atoms with Gasteiger partial charge >= 0.3 is 0 Å².